The fraction of sp³-hybridized carbons (Fsp3) is 0.538. The number of ether oxygens (including phenoxy) is 2. The predicted octanol–water partition coefficient (Wildman–Crippen LogP) is 1.18. The van der Waals surface area contributed by atoms with Crippen molar-refractivity contribution < 1.29 is 17.9 Å². The normalized spacial score (nSPS) is 19.4. The lowest BCUT2D eigenvalue weighted by Crippen LogP contribution is -2.10. The minimum atomic E-state index is -3.34. The Morgan fingerprint density at radius 2 is 1.89 bits per heavy atom. The average molecular weight is 285 g/mol. The summed E-state index contributed by atoms with van der Waals surface area (Å²) in [6, 6.07) is 3.43. The molecule has 0 aliphatic carbocycles. The van der Waals surface area contributed by atoms with Gasteiger partial charge in [-0.05, 0) is 19.0 Å². The zero-order valence-corrected chi connectivity index (χ0v) is 12.2. The summed E-state index contributed by atoms with van der Waals surface area (Å²) in [6.07, 6.45) is 2.18. The average Bonchev–Trinajstić information content (AvgIpc) is 2.89. The second-order valence-electron chi connectivity index (χ2n) is 4.68. The zero-order chi connectivity index (χ0) is 14.0. The molecule has 1 aliphatic heterocycles. The van der Waals surface area contributed by atoms with Crippen LogP contribution in [-0.2, 0) is 9.84 Å². The fourth-order valence-corrected chi connectivity index (χ4v) is 3.33. The molecule has 0 saturated carbocycles. The fourth-order valence-electron chi connectivity index (χ4n) is 2.50. The molecule has 1 heterocycles. The van der Waals surface area contributed by atoms with E-state index in [4.69, 9.17) is 9.47 Å². The summed E-state index contributed by atoms with van der Waals surface area (Å²) in [4.78, 5) is 0.168. The van der Waals surface area contributed by atoms with Gasteiger partial charge in [-0.3, -0.25) is 0 Å². The molecule has 1 atom stereocenters. The second-order valence-corrected chi connectivity index (χ2v) is 6.67. The van der Waals surface area contributed by atoms with E-state index in [0.29, 0.717) is 17.4 Å². The molecule has 0 amide bonds. The molecule has 6 heteroatoms. The third kappa shape index (κ3) is 2.69. The first-order valence-corrected chi connectivity index (χ1v) is 8.03. The summed E-state index contributed by atoms with van der Waals surface area (Å²) in [5.41, 5.74) is 0.997. The maximum Gasteiger partial charge on any atom is 0.179 e. The van der Waals surface area contributed by atoms with Crippen LogP contribution in [0.1, 0.15) is 17.9 Å². The zero-order valence-electron chi connectivity index (χ0n) is 11.4. The largest absolute Gasteiger partial charge is 0.493 e. The number of nitrogens with one attached hydrogen (secondary N) is 1. The van der Waals surface area contributed by atoms with Gasteiger partial charge in [0.05, 0.1) is 14.2 Å². The Balaban J connectivity index is 2.59. The first kappa shape index (κ1) is 14.1. The minimum absolute atomic E-state index is 0.168. The Morgan fingerprint density at radius 3 is 2.37 bits per heavy atom. The van der Waals surface area contributed by atoms with Crippen LogP contribution in [0.5, 0.6) is 11.5 Å². The molecule has 1 fully saturated rings. The van der Waals surface area contributed by atoms with Gasteiger partial charge in [0, 0.05) is 24.3 Å². The van der Waals surface area contributed by atoms with Crippen molar-refractivity contribution in [2.45, 2.75) is 17.2 Å². The number of benzene rings is 1. The quantitative estimate of drug-likeness (QED) is 0.900. The van der Waals surface area contributed by atoms with E-state index in [1.807, 2.05) is 6.07 Å². The molecule has 1 aromatic rings. The van der Waals surface area contributed by atoms with E-state index in [1.54, 1.807) is 6.07 Å². The Kier molecular flexibility index (Phi) is 4.01. The van der Waals surface area contributed by atoms with Gasteiger partial charge >= 0.3 is 0 Å². The van der Waals surface area contributed by atoms with Crippen LogP contribution in [0.4, 0.5) is 0 Å². The molecular formula is C13H19NO4S. The molecule has 1 aliphatic rings. The maximum atomic E-state index is 11.8. The lowest BCUT2D eigenvalue weighted by molar-refractivity contribution is 0.342. The molecule has 0 bridgehead atoms. The van der Waals surface area contributed by atoms with E-state index in [9.17, 15) is 8.42 Å². The standard InChI is InChI=1S/C13H19NO4S/c1-17-12-10(9-6-7-14-8-9)4-5-11(13(12)18-2)19(3,15)16/h4-5,9,14H,6-8H2,1-3H3. The minimum Gasteiger partial charge on any atom is -0.493 e. The summed E-state index contributed by atoms with van der Waals surface area (Å²) in [5, 5.41) is 3.29. The number of methoxy groups -OCH3 is 2. The van der Waals surface area contributed by atoms with Crippen molar-refractivity contribution in [2.24, 2.45) is 0 Å². The summed E-state index contributed by atoms with van der Waals surface area (Å²) >= 11 is 0. The van der Waals surface area contributed by atoms with Crippen molar-refractivity contribution in [3.05, 3.63) is 17.7 Å². The summed E-state index contributed by atoms with van der Waals surface area (Å²) < 4.78 is 34.2. The molecule has 1 saturated heterocycles. The molecule has 106 valence electrons. The van der Waals surface area contributed by atoms with E-state index >= 15 is 0 Å². The molecule has 1 aromatic carbocycles. The molecule has 19 heavy (non-hydrogen) atoms. The monoisotopic (exact) mass is 285 g/mol. The Labute approximate surface area is 113 Å². The van der Waals surface area contributed by atoms with E-state index in [0.717, 1.165) is 25.1 Å². The van der Waals surface area contributed by atoms with Crippen LogP contribution in [0.2, 0.25) is 0 Å². The first-order valence-electron chi connectivity index (χ1n) is 6.14. The highest BCUT2D eigenvalue weighted by Gasteiger charge is 2.26. The van der Waals surface area contributed by atoms with Gasteiger partial charge in [0.2, 0.25) is 0 Å². The van der Waals surface area contributed by atoms with Crippen molar-refractivity contribution >= 4 is 9.84 Å². The highest BCUT2D eigenvalue weighted by atomic mass is 32.2. The Hall–Kier alpha value is -1.27. The predicted molar refractivity (Wildman–Crippen MR) is 72.9 cm³/mol. The van der Waals surface area contributed by atoms with Crippen LogP contribution < -0.4 is 14.8 Å². The number of rotatable bonds is 4. The number of hydrogen-bond acceptors (Lipinski definition) is 5. The van der Waals surface area contributed by atoms with Gasteiger partial charge in [-0.25, -0.2) is 8.42 Å². The molecule has 5 nitrogen and oxygen atoms in total. The Bertz CT molecular complexity index is 562. The maximum absolute atomic E-state index is 11.8. The molecular weight excluding hydrogens is 266 g/mol. The molecule has 0 spiro atoms. The highest BCUT2D eigenvalue weighted by Crippen LogP contribution is 2.41. The van der Waals surface area contributed by atoms with Crippen molar-refractivity contribution in [3.63, 3.8) is 0 Å². The molecule has 2 rings (SSSR count). The van der Waals surface area contributed by atoms with Crippen molar-refractivity contribution in [1.29, 1.82) is 0 Å². The van der Waals surface area contributed by atoms with Gasteiger partial charge in [0.15, 0.2) is 21.3 Å². The number of hydrogen-bond donors (Lipinski definition) is 1. The van der Waals surface area contributed by atoms with E-state index in [-0.39, 0.29) is 4.90 Å². The lowest BCUT2D eigenvalue weighted by Gasteiger charge is -2.18. The van der Waals surface area contributed by atoms with Crippen LogP contribution in [0, 0.1) is 0 Å². The summed E-state index contributed by atoms with van der Waals surface area (Å²) in [5.74, 6) is 1.16. The lowest BCUT2D eigenvalue weighted by atomic mass is 9.97. The highest BCUT2D eigenvalue weighted by molar-refractivity contribution is 7.90. The van der Waals surface area contributed by atoms with Crippen LogP contribution >= 0.6 is 0 Å². The van der Waals surface area contributed by atoms with Gasteiger partial charge in [0.1, 0.15) is 4.90 Å². The second kappa shape index (κ2) is 5.38. The molecule has 0 radical (unpaired) electrons. The van der Waals surface area contributed by atoms with Gasteiger partial charge in [-0.2, -0.15) is 0 Å². The third-order valence-corrected chi connectivity index (χ3v) is 4.53. The van der Waals surface area contributed by atoms with Crippen LogP contribution in [0.3, 0.4) is 0 Å². The summed E-state index contributed by atoms with van der Waals surface area (Å²) in [6.45, 7) is 1.84. The van der Waals surface area contributed by atoms with Gasteiger partial charge in [0.25, 0.3) is 0 Å². The van der Waals surface area contributed by atoms with Gasteiger partial charge in [-0.15, -0.1) is 0 Å². The van der Waals surface area contributed by atoms with Gasteiger partial charge < -0.3 is 14.8 Å². The van der Waals surface area contributed by atoms with Crippen LogP contribution in [0.15, 0.2) is 17.0 Å². The van der Waals surface area contributed by atoms with Gasteiger partial charge in [-0.1, -0.05) is 6.07 Å². The summed E-state index contributed by atoms with van der Waals surface area (Å²) in [7, 11) is -0.340. The van der Waals surface area contributed by atoms with Crippen molar-refractivity contribution in [2.75, 3.05) is 33.6 Å². The topological polar surface area (TPSA) is 64.6 Å². The molecule has 0 aromatic heterocycles. The smallest absolute Gasteiger partial charge is 0.179 e. The number of sulfone groups is 1. The van der Waals surface area contributed by atoms with Crippen LogP contribution in [0.25, 0.3) is 0 Å². The van der Waals surface area contributed by atoms with E-state index in [1.165, 1.54) is 20.5 Å². The van der Waals surface area contributed by atoms with Crippen molar-refractivity contribution in [1.82, 2.24) is 5.32 Å². The van der Waals surface area contributed by atoms with Crippen molar-refractivity contribution in [3.8, 4) is 11.5 Å². The Morgan fingerprint density at radius 1 is 1.21 bits per heavy atom. The van der Waals surface area contributed by atoms with Crippen LogP contribution in [-0.4, -0.2) is 42.0 Å². The SMILES string of the molecule is COc1c(C2CCNC2)ccc(S(C)(=O)=O)c1OC. The molecule has 1 unspecified atom stereocenters. The van der Waals surface area contributed by atoms with E-state index in [2.05, 4.69) is 5.32 Å². The molecule has 1 N–H and O–H groups in total. The third-order valence-electron chi connectivity index (χ3n) is 3.41. The van der Waals surface area contributed by atoms with E-state index < -0.39 is 9.84 Å². The first-order chi connectivity index (χ1) is 8.99.